The summed E-state index contributed by atoms with van der Waals surface area (Å²) in [6, 6.07) is 18.5. The van der Waals surface area contributed by atoms with Crippen molar-refractivity contribution in [1.29, 1.82) is 5.26 Å². The lowest BCUT2D eigenvalue weighted by Crippen LogP contribution is -1.91. The van der Waals surface area contributed by atoms with E-state index in [-0.39, 0.29) is 11.3 Å². The number of aliphatic hydroxyl groups is 1. The van der Waals surface area contributed by atoms with Gasteiger partial charge >= 0.3 is 0 Å². The lowest BCUT2D eigenvalue weighted by Gasteiger charge is -2.04. The largest absolute Gasteiger partial charge is 0.506 e. The Bertz CT molecular complexity index is 961. The molecule has 3 nitrogen and oxygen atoms in total. The maximum atomic E-state index is 10.5. The molecule has 0 aliphatic rings. The molecule has 3 rings (SSSR count). The van der Waals surface area contributed by atoms with Gasteiger partial charge in [0.05, 0.1) is 14.5 Å². The Morgan fingerprint density at radius 1 is 1.12 bits per heavy atom. The summed E-state index contributed by atoms with van der Waals surface area (Å²) in [5.41, 5.74) is 2.16. The Labute approximate surface area is 156 Å². The van der Waals surface area contributed by atoms with Gasteiger partial charge in [0.1, 0.15) is 22.4 Å². The SMILES string of the molecule is N#CC(=C(O)c1ccccc1Cl)c1nc(-c2ccccc2)c(Br)s1. The molecule has 1 aromatic heterocycles. The second-order valence-electron chi connectivity index (χ2n) is 4.82. The highest BCUT2D eigenvalue weighted by molar-refractivity contribution is 9.11. The van der Waals surface area contributed by atoms with Crippen LogP contribution in [-0.2, 0) is 0 Å². The molecule has 1 N–H and O–H groups in total. The van der Waals surface area contributed by atoms with E-state index in [0.29, 0.717) is 15.6 Å². The molecule has 0 radical (unpaired) electrons. The summed E-state index contributed by atoms with van der Waals surface area (Å²) < 4.78 is 0.795. The van der Waals surface area contributed by atoms with Crippen molar-refractivity contribution in [2.45, 2.75) is 0 Å². The smallest absolute Gasteiger partial charge is 0.145 e. The number of nitriles is 1. The van der Waals surface area contributed by atoms with E-state index < -0.39 is 0 Å². The number of hydrogen-bond donors (Lipinski definition) is 1. The summed E-state index contributed by atoms with van der Waals surface area (Å²) in [4.78, 5) is 4.52. The first kappa shape index (κ1) is 16.7. The summed E-state index contributed by atoms with van der Waals surface area (Å²) in [6.45, 7) is 0. The van der Waals surface area contributed by atoms with Crippen LogP contribution >= 0.6 is 38.9 Å². The minimum atomic E-state index is -0.177. The summed E-state index contributed by atoms with van der Waals surface area (Å²) >= 11 is 10.9. The molecule has 0 aliphatic heterocycles. The monoisotopic (exact) mass is 416 g/mol. The van der Waals surface area contributed by atoms with Gasteiger partial charge in [0.25, 0.3) is 0 Å². The number of benzene rings is 2. The summed E-state index contributed by atoms with van der Waals surface area (Å²) in [5.74, 6) is -0.177. The van der Waals surface area contributed by atoms with Gasteiger partial charge in [-0.15, -0.1) is 11.3 Å². The van der Waals surface area contributed by atoms with E-state index in [1.165, 1.54) is 11.3 Å². The molecule has 24 heavy (non-hydrogen) atoms. The minimum absolute atomic E-state index is 0.0935. The number of aromatic nitrogens is 1. The van der Waals surface area contributed by atoms with Crippen LogP contribution < -0.4 is 0 Å². The normalized spacial score (nSPS) is 11.7. The zero-order valence-corrected chi connectivity index (χ0v) is 15.4. The molecule has 0 unspecified atom stereocenters. The highest BCUT2D eigenvalue weighted by Gasteiger charge is 2.19. The maximum absolute atomic E-state index is 10.5. The molecule has 0 saturated carbocycles. The predicted octanol–water partition coefficient (Wildman–Crippen LogP) is 6.18. The van der Waals surface area contributed by atoms with Crippen molar-refractivity contribution < 1.29 is 5.11 Å². The van der Waals surface area contributed by atoms with E-state index in [9.17, 15) is 10.4 Å². The first-order valence-corrected chi connectivity index (χ1v) is 8.91. The Hall–Kier alpha value is -2.13. The number of hydrogen-bond acceptors (Lipinski definition) is 4. The van der Waals surface area contributed by atoms with Crippen LogP contribution in [0.4, 0.5) is 0 Å². The van der Waals surface area contributed by atoms with Crippen LogP contribution in [0.3, 0.4) is 0 Å². The van der Waals surface area contributed by atoms with E-state index >= 15 is 0 Å². The van der Waals surface area contributed by atoms with Crippen LogP contribution in [0.25, 0.3) is 22.6 Å². The van der Waals surface area contributed by atoms with Gasteiger partial charge in [-0.2, -0.15) is 5.26 Å². The van der Waals surface area contributed by atoms with Gasteiger partial charge in [0.2, 0.25) is 0 Å². The second-order valence-corrected chi connectivity index (χ2v) is 7.55. The van der Waals surface area contributed by atoms with Gasteiger partial charge in [-0.25, -0.2) is 4.98 Å². The summed E-state index contributed by atoms with van der Waals surface area (Å²) in [6.07, 6.45) is 0. The average Bonchev–Trinajstić information content (AvgIpc) is 2.98. The molecule has 0 amide bonds. The molecule has 0 bridgehead atoms. The van der Waals surface area contributed by atoms with Crippen molar-refractivity contribution in [3.63, 3.8) is 0 Å². The Morgan fingerprint density at radius 2 is 1.79 bits per heavy atom. The highest BCUT2D eigenvalue weighted by atomic mass is 79.9. The first-order valence-electron chi connectivity index (χ1n) is 6.92. The van der Waals surface area contributed by atoms with Crippen LogP contribution in [0.5, 0.6) is 0 Å². The van der Waals surface area contributed by atoms with Gasteiger partial charge in [0.15, 0.2) is 0 Å². The molecular weight excluding hydrogens is 408 g/mol. The lowest BCUT2D eigenvalue weighted by atomic mass is 10.1. The zero-order valence-electron chi connectivity index (χ0n) is 12.2. The second kappa shape index (κ2) is 7.18. The van der Waals surface area contributed by atoms with E-state index in [0.717, 1.165) is 15.0 Å². The number of rotatable bonds is 3. The van der Waals surface area contributed by atoms with E-state index in [2.05, 4.69) is 20.9 Å². The van der Waals surface area contributed by atoms with Crippen molar-refractivity contribution in [3.8, 4) is 17.3 Å². The van der Waals surface area contributed by atoms with Crippen LogP contribution in [0.2, 0.25) is 5.02 Å². The van der Waals surface area contributed by atoms with Gasteiger partial charge in [-0.3, -0.25) is 0 Å². The fourth-order valence-corrected chi connectivity index (χ4v) is 3.99. The molecule has 118 valence electrons. The Balaban J connectivity index is 2.12. The third-order valence-electron chi connectivity index (χ3n) is 3.32. The van der Waals surface area contributed by atoms with Crippen LogP contribution in [0.15, 0.2) is 58.4 Å². The lowest BCUT2D eigenvalue weighted by molar-refractivity contribution is 0.514. The number of halogens is 2. The third kappa shape index (κ3) is 3.22. The zero-order chi connectivity index (χ0) is 17.1. The highest BCUT2D eigenvalue weighted by Crippen LogP contribution is 2.37. The van der Waals surface area contributed by atoms with Crippen molar-refractivity contribution >= 4 is 50.2 Å². The van der Waals surface area contributed by atoms with Gasteiger partial charge in [-0.05, 0) is 28.1 Å². The van der Waals surface area contributed by atoms with Gasteiger partial charge in [-0.1, -0.05) is 54.1 Å². The van der Waals surface area contributed by atoms with E-state index in [4.69, 9.17) is 11.6 Å². The van der Waals surface area contributed by atoms with Crippen molar-refractivity contribution in [1.82, 2.24) is 4.98 Å². The molecule has 0 aliphatic carbocycles. The van der Waals surface area contributed by atoms with Crippen LogP contribution in [0.1, 0.15) is 10.6 Å². The minimum Gasteiger partial charge on any atom is -0.506 e. The Morgan fingerprint density at radius 3 is 2.46 bits per heavy atom. The molecule has 6 heteroatoms. The number of aliphatic hydroxyl groups excluding tert-OH is 1. The van der Waals surface area contributed by atoms with E-state index in [1.807, 2.05) is 36.4 Å². The quantitative estimate of drug-likeness (QED) is 0.409. The van der Waals surface area contributed by atoms with Crippen molar-refractivity contribution in [3.05, 3.63) is 74.0 Å². The third-order valence-corrected chi connectivity index (χ3v) is 5.38. The van der Waals surface area contributed by atoms with Crippen molar-refractivity contribution in [2.24, 2.45) is 0 Å². The fraction of sp³-hybridized carbons (Fsp3) is 0. The van der Waals surface area contributed by atoms with E-state index in [1.54, 1.807) is 24.3 Å². The molecule has 0 saturated heterocycles. The predicted molar refractivity (Wildman–Crippen MR) is 102 cm³/mol. The maximum Gasteiger partial charge on any atom is 0.145 e. The van der Waals surface area contributed by atoms with Crippen LogP contribution in [-0.4, -0.2) is 10.1 Å². The Kier molecular flexibility index (Phi) is 5.00. The number of nitrogens with zero attached hydrogens (tertiary/aromatic N) is 2. The molecule has 0 fully saturated rings. The molecule has 0 spiro atoms. The molecule has 2 aromatic carbocycles. The average molecular weight is 418 g/mol. The first-order chi connectivity index (χ1) is 11.6. The topological polar surface area (TPSA) is 56.9 Å². The standard InChI is InChI=1S/C18H10BrClN2OS/c19-17-15(11-6-2-1-3-7-11)22-18(24-17)13(10-21)16(23)12-8-4-5-9-14(12)20/h1-9,23H. The van der Waals surface area contributed by atoms with Gasteiger partial charge < -0.3 is 5.11 Å². The van der Waals surface area contributed by atoms with Gasteiger partial charge in [0, 0.05) is 11.1 Å². The summed E-state index contributed by atoms with van der Waals surface area (Å²) in [7, 11) is 0. The molecule has 1 heterocycles. The molecule has 0 atom stereocenters. The number of thiazole rings is 1. The fourth-order valence-electron chi connectivity index (χ4n) is 2.17. The van der Waals surface area contributed by atoms with Crippen molar-refractivity contribution in [2.75, 3.05) is 0 Å². The molecular formula is C18H10BrClN2OS. The van der Waals surface area contributed by atoms with Crippen LogP contribution in [0, 0.1) is 11.3 Å². The molecule has 3 aromatic rings. The summed E-state index contributed by atoms with van der Waals surface area (Å²) in [5, 5.41) is 20.8. The number of allylic oxidation sites excluding steroid dienone is 1.